The number of thiophene rings is 1. The Morgan fingerprint density at radius 1 is 1.45 bits per heavy atom. The van der Waals surface area contributed by atoms with Crippen molar-refractivity contribution in [3.8, 4) is 0 Å². The Kier molecular flexibility index (Phi) is 6.79. The summed E-state index contributed by atoms with van der Waals surface area (Å²) in [6.07, 6.45) is 0. The first-order chi connectivity index (χ1) is 9.49. The van der Waals surface area contributed by atoms with Crippen LogP contribution < -0.4 is 10.6 Å². The maximum atomic E-state index is 11.6. The first-order valence-corrected chi connectivity index (χ1v) is 7.26. The van der Waals surface area contributed by atoms with E-state index in [2.05, 4.69) is 28.3 Å². The Labute approximate surface area is 124 Å². The molecule has 1 aromatic rings. The number of nitrogens with one attached hydrogen (secondary N) is 2. The zero-order valence-electron chi connectivity index (χ0n) is 12.3. The van der Waals surface area contributed by atoms with Crippen molar-refractivity contribution in [1.29, 1.82) is 0 Å². The van der Waals surface area contributed by atoms with E-state index in [1.807, 2.05) is 18.4 Å². The van der Waals surface area contributed by atoms with Crippen molar-refractivity contribution >= 4 is 23.2 Å². The molecular formula is C14H22N4OS. The number of aliphatic imine (C=N–C) groups is 1. The lowest BCUT2D eigenvalue weighted by Gasteiger charge is -2.13. The van der Waals surface area contributed by atoms with Crippen LogP contribution in [0.2, 0.25) is 0 Å². The predicted octanol–water partition coefficient (Wildman–Crippen LogP) is 1.45. The molecule has 0 aliphatic rings. The average molecular weight is 294 g/mol. The summed E-state index contributed by atoms with van der Waals surface area (Å²) < 4.78 is 0. The summed E-state index contributed by atoms with van der Waals surface area (Å²) in [4.78, 5) is 18.6. The van der Waals surface area contributed by atoms with Gasteiger partial charge >= 0.3 is 0 Å². The lowest BCUT2D eigenvalue weighted by atomic mass is 10.3. The predicted molar refractivity (Wildman–Crippen MR) is 85.0 cm³/mol. The minimum Gasteiger partial charge on any atom is -0.353 e. The van der Waals surface area contributed by atoms with Gasteiger partial charge in [-0.3, -0.25) is 4.79 Å². The molecule has 1 amide bonds. The quantitative estimate of drug-likeness (QED) is 0.474. The molecule has 0 atom stereocenters. The zero-order valence-corrected chi connectivity index (χ0v) is 13.1. The molecule has 0 saturated carbocycles. The molecule has 0 aromatic carbocycles. The van der Waals surface area contributed by atoms with Gasteiger partial charge in [0.2, 0.25) is 5.91 Å². The number of likely N-dealkylation sites (N-methyl/N-ethyl adjacent to an activating group) is 1. The molecule has 2 N–H and O–H groups in total. The van der Waals surface area contributed by atoms with Crippen molar-refractivity contribution in [3.63, 3.8) is 0 Å². The zero-order chi connectivity index (χ0) is 15.0. The third-order valence-electron chi connectivity index (χ3n) is 2.44. The summed E-state index contributed by atoms with van der Waals surface area (Å²) in [7, 11) is 3.44. The van der Waals surface area contributed by atoms with Gasteiger partial charge in [-0.05, 0) is 18.4 Å². The molecule has 0 saturated heterocycles. The largest absolute Gasteiger partial charge is 0.353 e. The normalized spacial score (nSPS) is 11.1. The van der Waals surface area contributed by atoms with Crippen LogP contribution in [0.15, 0.2) is 34.7 Å². The van der Waals surface area contributed by atoms with Crippen LogP contribution in [0.3, 0.4) is 0 Å². The Bertz CT molecular complexity index is 466. The summed E-state index contributed by atoms with van der Waals surface area (Å²) in [5, 5.41) is 8.39. The molecule has 0 aliphatic carbocycles. The summed E-state index contributed by atoms with van der Waals surface area (Å²) in [5.41, 5.74) is 1.01. The second-order valence-electron chi connectivity index (χ2n) is 4.70. The first-order valence-electron chi connectivity index (χ1n) is 6.38. The van der Waals surface area contributed by atoms with Crippen LogP contribution in [0, 0.1) is 0 Å². The molecule has 0 fully saturated rings. The van der Waals surface area contributed by atoms with E-state index in [4.69, 9.17) is 0 Å². The van der Waals surface area contributed by atoms with Gasteiger partial charge in [0.05, 0.1) is 6.54 Å². The number of hydrogen-bond donors (Lipinski definition) is 2. The van der Waals surface area contributed by atoms with Gasteiger partial charge in [-0.2, -0.15) is 0 Å². The SMILES string of the molecule is C=C(C)CNC(=NCC(=O)N(C)C)NCc1cccs1. The van der Waals surface area contributed by atoms with E-state index >= 15 is 0 Å². The fraction of sp³-hybridized carbons (Fsp3) is 0.429. The molecular weight excluding hydrogens is 272 g/mol. The van der Waals surface area contributed by atoms with Gasteiger partial charge in [0, 0.05) is 25.5 Å². The molecule has 20 heavy (non-hydrogen) atoms. The molecule has 0 spiro atoms. The molecule has 1 aromatic heterocycles. The molecule has 0 aliphatic heterocycles. The summed E-state index contributed by atoms with van der Waals surface area (Å²) in [6.45, 7) is 7.23. The van der Waals surface area contributed by atoms with Crippen LogP contribution in [-0.2, 0) is 11.3 Å². The lowest BCUT2D eigenvalue weighted by molar-refractivity contribution is -0.127. The van der Waals surface area contributed by atoms with Crippen LogP contribution in [-0.4, -0.2) is 44.0 Å². The van der Waals surface area contributed by atoms with Crippen LogP contribution in [0.4, 0.5) is 0 Å². The third kappa shape index (κ3) is 6.38. The van der Waals surface area contributed by atoms with Crippen LogP contribution in [0.5, 0.6) is 0 Å². The maximum Gasteiger partial charge on any atom is 0.243 e. The smallest absolute Gasteiger partial charge is 0.243 e. The van der Waals surface area contributed by atoms with Gasteiger partial charge in [-0.25, -0.2) is 4.99 Å². The molecule has 0 unspecified atom stereocenters. The van der Waals surface area contributed by atoms with Gasteiger partial charge in [0.1, 0.15) is 6.54 Å². The van der Waals surface area contributed by atoms with E-state index in [-0.39, 0.29) is 12.5 Å². The number of guanidine groups is 1. The number of nitrogens with zero attached hydrogens (tertiary/aromatic N) is 2. The van der Waals surface area contributed by atoms with Crippen molar-refractivity contribution in [2.45, 2.75) is 13.5 Å². The van der Waals surface area contributed by atoms with Gasteiger partial charge in [-0.1, -0.05) is 18.2 Å². The Balaban J connectivity index is 2.56. The molecule has 0 bridgehead atoms. The highest BCUT2D eigenvalue weighted by atomic mass is 32.1. The highest BCUT2D eigenvalue weighted by Crippen LogP contribution is 2.07. The van der Waals surface area contributed by atoms with Gasteiger partial charge in [0.15, 0.2) is 5.96 Å². The lowest BCUT2D eigenvalue weighted by Crippen LogP contribution is -2.38. The van der Waals surface area contributed by atoms with Crippen molar-refractivity contribution in [1.82, 2.24) is 15.5 Å². The molecule has 6 heteroatoms. The summed E-state index contributed by atoms with van der Waals surface area (Å²) >= 11 is 1.68. The fourth-order valence-electron chi connectivity index (χ4n) is 1.28. The van der Waals surface area contributed by atoms with Gasteiger partial charge < -0.3 is 15.5 Å². The Morgan fingerprint density at radius 2 is 2.20 bits per heavy atom. The second-order valence-corrected chi connectivity index (χ2v) is 5.73. The van der Waals surface area contributed by atoms with Crippen LogP contribution in [0.25, 0.3) is 0 Å². The van der Waals surface area contributed by atoms with Crippen LogP contribution >= 0.6 is 11.3 Å². The average Bonchev–Trinajstić information content (AvgIpc) is 2.90. The molecule has 1 heterocycles. The molecule has 0 radical (unpaired) electrons. The molecule has 110 valence electrons. The number of hydrogen-bond acceptors (Lipinski definition) is 3. The highest BCUT2D eigenvalue weighted by molar-refractivity contribution is 7.09. The second kappa shape index (κ2) is 8.37. The minimum absolute atomic E-state index is 0.0300. The maximum absolute atomic E-state index is 11.6. The summed E-state index contributed by atoms with van der Waals surface area (Å²) in [5.74, 6) is 0.592. The van der Waals surface area contributed by atoms with Crippen molar-refractivity contribution in [3.05, 3.63) is 34.5 Å². The van der Waals surface area contributed by atoms with E-state index < -0.39 is 0 Å². The standard InChI is InChI=1S/C14H22N4OS/c1-11(2)8-15-14(17-10-13(19)18(3)4)16-9-12-6-5-7-20-12/h5-7H,1,8-10H2,2-4H3,(H2,15,16,17). The topological polar surface area (TPSA) is 56.7 Å². The third-order valence-corrected chi connectivity index (χ3v) is 3.32. The van der Waals surface area contributed by atoms with E-state index in [0.717, 1.165) is 5.57 Å². The van der Waals surface area contributed by atoms with Gasteiger partial charge in [-0.15, -0.1) is 11.3 Å². The monoisotopic (exact) mass is 294 g/mol. The first kappa shape index (κ1) is 16.2. The number of carbonyl (C=O) groups is 1. The molecule has 1 rings (SSSR count). The minimum atomic E-state index is -0.0300. The van der Waals surface area contributed by atoms with E-state index in [9.17, 15) is 4.79 Å². The molecule has 5 nitrogen and oxygen atoms in total. The van der Waals surface area contributed by atoms with Gasteiger partial charge in [0.25, 0.3) is 0 Å². The van der Waals surface area contributed by atoms with Crippen molar-refractivity contribution in [2.24, 2.45) is 4.99 Å². The summed E-state index contributed by atoms with van der Waals surface area (Å²) in [6, 6.07) is 4.06. The number of amides is 1. The van der Waals surface area contributed by atoms with Crippen LogP contribution in [0.1, 0.15) is 11.8 Å². The fourth-order valence-corrected chi connectivity index (χ4v) is 1.93. The van der Waals surface area contributed by atoms with Crippen molar-refractivity contribution < 1.29 is 4.79 Å². The highest BCUT2D eigenvalue weighted by Gasteiger charge is 2.04. The van der Waals surface area contributed by atoms with Crippen molar-refractivity contribution in [2.75, 3.05) is 27.2 Å². The number of carbonyl (C=O) groups excluding carboxylic acids is 1. The number of rotatable bonds is 6. The van der Waals surface area contributed by atoms with E-state index in [1.165, 1.54) is 9.78 Å². The van der Waals surface area contributed by atoms with E-state index in [0.29, 0.717) is 19.0 Å². The Morgan fingerprint density at radius 3 is 2.75 bits per heavy atom. The Hall–Kier alpha value is -1.82. The van der Waals surface area contributed by atoms with E-state index in [1.54, 1.807) is 25.4 Å².